The second kappa shape index (κ2) is 9.53. The molecule has 7 heteroatoms. The summed E-state index contributed by atoms with van der Waals surface area (Å²) in [6, 6.07) is 16.3. The number of hydrogen-bond acceptors (Lipinski definition) is 3. The lowest BCUT2D eigenvalue weighted by Gasteiger charge is -2.23. The molecular weight excluding hydrogens is 402 g/mol. The van der Waals surface area contributed by atoms with E-state index in [-0.39, 0.29) is 18.3 Å². The second-order valence-corrected chi connectivity index (χ2v) is 6.88. The molecule has 0 aliphatic carbocycles. The van der Waals surface area contributed by atoms with Crippen molar-refractivity contribution in [1.29, 1.82) is 0 Å². The van der Waals surface area contributed by atoms with Gasteiger partial charge in [-0.2, -0.15) is 0 Å². The third-order valence-corrected chi connectivity index (χ3v) is 4.70. The zero-order valence-electron chi connectivity index (χ0n) is 14.8. The van der Waals surface area contributed by atoms with Gasteiger partial charge in [-0.3, -0.25) is 9.78 Å². The fraction of sp³-hybridized carbons (Fsp3) is 0.143. The highest BCUT2D eigenvalue weighted by Gasteiger charge is 2.17. The molecule has 3 aromatic rings. The Bertz CT molecular complexity index is 937. The van der Waals surface area contributed by atoms with Crippen LogP contribution in [0.3, 0.4) is 0 Å². The van der Waals surface area contributed by atoms with Gasteiger partial charge in [0, 0.05) is 12.7 Å². The number of hydrogen-bond donors (Lipinski definition) is 0. The van der Waals surface area contributed by atoms with Gasteiger partial charge in [0.1, 0.15) is 11.6 Å². The van der Waals surface area contributed by atoms with Gasteiger partial charge in [0.05, 0.1) is 22.3 Å². The van der Waals surface area contributed by atoms with Crippen LogP contribution >= 0.6 is 23.2 Å². The quantitative estimate of drug-likeness (QED) is 0.533. The van der Waals surface area contributed by atoms with Gasteiger partial charge >= 0.3 is 0 Å². The van der Waals surface area contributed by atoms with Crippen molar-refractivity contribution in [3.05, 3.63) is 94.0 Å². The molecule has 0 fully saturated rings. The molecule has 0 N–H and O–H groups in total. The summed E-state index contributed by atoms with van der Waals surface area (Å²) >= 11 is 12.1. The van der Waals surface area contributed by atoms with E-state index in [1.165, 1.54) is 24.3 Å². The van der Waals surface area contributed by atoms with E-state index in [0.29, 0.717) is 28.9 Å². The lowest BCUT2D eigenvalue weighted by atomic mass is 10.2. The number of ether oxygens (including phenoxy) is 1. The molecule has 28 heavy (non-hydrogen) atoms. The lowest BCUT2D eigenvalue weighted by molar-refractivity contribution is -0.134. The average Bonchev–Trinajstić information content (AvgIpc) is 2.70. The first-order chi connectivity index (χ1) is 13.5. The Balaban J connectivity index is 1.73. The standard InChI is InChI=1S/C21H17Cl2FN2O2/c22-19-9-4-15(11-20(19)23)12-26(13-17-3-1-2-10-25-17)21(27)14-28-18-7-5-16(24)6-8-18/h1-11H,12-14H2. The van der Waals surface area contributed by atoms with Crippen molar-refractivity contribution >= 4 is 29.1 Å². The summed E-state index contributed by atoms with van der Waals surface area (Å²) in [5.41, 5.74) is 1.58. The number of benzene rings is 2. The fourth-order valence-electron chi connectivity index (χ4n) is 2.55. The van der Waals surface area contributed by atoms with E-state index in [1.807, 2.05) is 24.3 Å². The van der Waals surface area contributed by atoms with Crippen LogP contribution in [0.1, 0.15) is 11.3 Å². The van der Waals surface area contributed by atoms with E-state index < -0.39 is 0 Å². The van der Waals surface area contributed by atoms with Crippen molar-refractivity contribution in [1.82, 2.24) is 9.88 Å². The summed E-state index contributed by atoms with van der Waals surface area (Å²) in [7, 11) is 0. The number of carbonyl (C=O) groups excluding carboxylic acids is 1. The van der Waals surface area contributed by atoms with Gasteiger partial charge in [-0.25, -0.2) is 4.39 Å². The topological polar surface area (TPSA) is 42.4 Å². The van der Waals surface area contributed by atoms with Gasteiger partial charge in [-0.1, -0.05) is 35.3 Å². The summed E-state index contributed by atoms with van der Waals surface area (Å²) in [5, 5.41) is 0.875. The van der Waals surface area contributed by atoms with Crippen molar-refractivity contribution < 1.29 is 13.9 Å². The van der Waals surface area contributed by atoms with E-state index >= 15 is 0 Å². The maximum absolute atomic E-state index is 13.0. The number of aromatic nitrogens is 1. The Hall–Kier alpha value is -2.63. The lowest BCUT2D eigenvalue weighted by Crippen LogP contribution is -2.34. The van der Waals surface area contributed by atoms with Crippen LogP contribution in [0.5, 0.6) is 5.75 Å². The molecule has 0 aliphatic rings. The first-order valence-corrected chi connectivity index (χ1v) is 9.27. The van der Waals surface area contributed by atoms with Gasteiger partial charge in [0.25, 0.3) is 5.91 Å². The Morgan fingerprint density at radius 1 is 1.00 bits per heavy atom. The molecule has 1 aromatic heterocycles. The van der Waals surface area contributed by atoms with Crippen LogP contribution < -0.4 is 4.74 Å². The third kappa shape index (κ3) is 5.68. The van der Waals surface area contributed by atoms with Gasteiger partial charge in [0.2, 0.25) is 0 Å². The van der Waals surface area contributed by atoms with E-state index in [1.54, 1.807) is 23.2 Å². The normalized spacial score (nSPS) is 10.5. The smallest absolute Gasteiger partial charge is 0.261 e. The summed E-state index contributed by atoms with van der Waals surface area (Å²) in [6.07, 6.45) is 1.67. The molecule has 144 valence electrons. The average molecular weight is 419 g/mol. The number of nitrogens with zero attached hydrogens (tertiary/aromatic N) is 2. The molecule has 1 heterocycles. The van der Waals surface area contributed by atoms with Gasteiger partial charge in [-0.15, -0.1) is 0 Å². The Labute approximate surface area is 172 Å². The Morgan fingerprint density at radius 3 is 2.46 bits per heavy atom. The molecule has 0 spiro atoms. The Morgan fingerprint density at radius 2 is 1.79 bits per heavy atom. The predicted molar refractivity (Wildman–Crippen MR) is 107 cm³/mol. The van der Waals surface area contributed by atoms with Crippen molar-refractivity contribution in [3.8, 4) is 5.75 Å². The summed E-state index contributed by atoms with van der Waals surface area (Å²) in [6.45, 7) is 0.450. The van der Waals surface area contributed by atoms with Crippen molar-refractivity contribution in [2.45, 2.75) is 13.1 Å². The first-order valence-electron chi connectivity index (χ1n) is 8.51. The highest BCUT2D eigenvalue weighted by Crippen LogP contribution is 2.23. The minimum absolute atomic E-state index is 0.181. The summed E-state index contributed by atoms with van der Waals surface area (Å²) in [4.78, 5) is 18.7. The van der Waals surface area contributed by atoms with E-state index in [0.717, 1.165) is 11.3 Å². The molecule has 0 aliphatic heterocycles. The molecule has 4 nitrogen and oxygen atoms in total. The fourth-order valence-corrected chi connectivity index (χ4v) is 2.87. The van der Waals surface area contributed by atoms with Crippen LogP contribution in [0.25, 0.3) is 0 Å². The number of rotatable bonds is 7. The van der Waals surface area contributed by atoms with E-state index in [9.17, 15) is 9.18 Å². The van der Waals surface area contributed by atoms with Crippen LogP contribution in [0.4, 0.5) is 4.39 Å². The monoisotopic (exact) mass is 418 g/mol. The molecule has 3 rings (SSSR count). The minimum atomic E-state index is -0.366. The van der Waals surface area contributed by atoms with Crippen LogP contribution in [-0.2, 0) is 17.9 Å². The molecule has 0 saturated carbocycles. The maximum Gasteiger partial charge on any atom is 0.261 e. The minimum Gasteiger partial charge on any atom is -0.484 e. The van der Waals surface area contributed by atoms with Crippen LogP contribution in [0, 0.1) is 5.82 Å². The maximum atomic E-state index is 13.0. The van der Waals surface area contributed by atoms with Crippen molar-refractivity contribution in [2.24, 2.45) is 0 Å². The molecule has 1 amide bonds. The predicted octanol–water partition coefficient (Wildman–Crippen LogP) is 5.14. The van der Waals surface area contributed by atoms with Crippen molar-refractivity contribution in [2.75, 3.05) is 6.61 Å². The van der Waals surface area contributed by atoms with Gasteiger partial charge in [0.15, 0.2) is 6.61 Å². The molecule has 2 aromatic carbocycles. The molecule has 0 radical (unpaired) electrons. The van der Waals surface area contributed by atoms with E-state index in [4.69, 9.17) is 27.9 Å². The molecule has 0 saturated heterocycles. The van der Waals surface area contributed by atoms with E-state index in [2.05, 4.69) is 4.98 Å². The van der Waals surface area contributed by atoms with Crippen LogP contribution in [0.2, 0.25) is 10.0 Å². The number of halogens is 3. The highest BCUT2D eigenvalue weighted by atomic mass is 35.5. The molecule has 0 bridgehead atoms. The van der Waals surface area contributed by atoms with Gasteiger partial charge < -0.3 is 9.64 Å². The first kappa shape index (κ1) is 20.1. The second-order valence-electron chi connectivity index (χ2n) is 6.06. The summed E-state index contributed by atoms with van der Waals surface area (Å²) < 4.78 is 18.5. The van der Waals surface area contributed by atoms with Crippen LogP contribution in [0.15, 0.2) is 66.9 Å². The SMILES string of the molecule is O=C(COc1ccc(F)cc1)N(Cc1ccc(Cl)c(Cl)c1)Cc1ccccn1. The van der Waals surface area contributed by atoms with Crippen LogP contribution in [-0.4, -0.2) is 22.4 Å². The largest absolute Gasteiger partial charge is 0.484 e. The number of amides is 1. The molecule has 0 unspecified atom stereocenters. The van der Waals surface area contributed by atoms with Crippen molar-refractivity contribution in [3.63, 3.8) is 0 Å². The molecule has 0 atom stereocenters. The molecular formula is C21H17Cl2FN2O2. The van der Waals surface area contributed by atoms with Gasteiger partial charge in [-0.05, 0) is 54.1 Å². The zero-order chi connectivity index (χ0) is 19.9. The zero-order valence-corrected chi connectivity index (χ0v) is 16.3. The number of pyridine rings is 1. The summed E-state index contributed by atoms with van der Waals surface area (Å²) in [5.74, 6) is -0.182. The highest BCUT2D eigenvalue weighted by molar-refractivity contribution is 6.42. The Kier molecular flexibility index (Phi) is 6.85. The number of carbonyl (C=O) groups is 1. The third-order valence-electron chi connectivity index (χ3n) is 3.97.